The number of rotatable bonds is 7. The number of thiazole rings is 1. The number of aryl methyl sites for hydroxylation is 3. The Labute approximate surface area is 387 Å². The van der Waals surface area contributed by atoms with Gasteiger partial charge in [0.25, 0.3) is 11.8 Å². The number of hydrogen-bond acceptors (Lipinski definition) is 13. The van der Waals surface area contributed by atoms with Gasteiger partial charge in [0, 0.05) is 50.8 Å². The number of alkyl halides is 3. The van der Waals surface area contributed by atoms with Crippen LogP contribution in [0.5, 0.6) is 0 Å². The van der Waals surface area contributed by atoms with E-state index in [1.807, 2.05) is 60.7 Å². The smallest absolute Gasteiger partial charge is 0.390 e. The molecule has 2 N–H and O–H groups in total. The predicted molar refractivity (Wildman–Crippen MR) is 252 cm³/mol. The number of fused-ring (bicyclic) bond motifs is 5. The van der Waals surface area contributed by atoms with Crippen molar-refractivity contribution < 1.29 is 27.9 Å². The number of benzene rings is 2. The number of pyridine rings is 3. The topological polar surface area (TPSA) is 176 Å². The van der Waals surface area contributed by atoms with Gasteiger partial charge in [0.05, 0.1) is 51.4 Å². The lowest BCUT2D eigenvalue weighted by Gasteiger charge is -2.31. The summed E-state index contributed by atoms with van der Waals surface area (Å²) < 4.78 is 43.4. The van der Waals surface area contributed by atoms with E-state index in [-0.39, 0.29) is 42.0 Å². The number of aromatic nitrogens is 5. The number of nitriles is 1. The molecule has 0 aliphatic carbocycles. The Bertz CT molecular complexity index is 3120. The molecule has 2 saturated heterocycles. The lowest BCUT2D eigenvalue weighted by atomic mass is 10.1. The fourth-order valence-corrected chi connectivity index (χ4v) is 9.65. The van der Waals surface area contributed by atoms with Crippen LogP contribution in [0, 0.1) is 32.1 Å². The highest BCUT2D eigenvalue weighted by Gasteiger charge is 2.44. The van der Waals surface area contributed by atoms with Crippen molar-refractivity contribution in [2.45, 2.75) is 58.5 Å². The number of halogens is 3. The zero-order valence-electron chi connectivity index (χ0n) is 37.5. The first-order chi connectivity index (χ1) is 32.0. The molecular formula is C48H48F3N11O4S. The van der Waals surface area contributed by atoms with Crippen molar-refractivity contribution in [3.8, 4) is 6.07 Å². The number of nitrogens with zero attached hydrogens (tertiary/aromatic N) is 10. The molecule has 15 nitrogen and oxygen atoms in total. The third kappa shape index (κ3) is 9.50. The van der Waals surface area contributed by atoms with E-state index in [9.17, 15) is 37.9 Å². The minimum absolute atomic E-state index is 0.0657. The molecule has 7 aromatic rings. The van der Waals surface area contributed by atoms with Crippen LogP contribution in [0.15, 0.2) is 83.9 Å². The van der Waals surface area contributed by atoms with Crippen LogP contribution in [-0.2, 0) is 17.5 Å². The highest BCUT2D eigenvalue weighted by Crippen LogP contribution is 2.38. The van der Waals surface area contributed by atoms with Gasteiger partial charge in [0.15, 0.2) is 5.65 Å². The number of aliphatic hydroxyl groups is 1. The van der Waals surface area contributed by atoms with Gasteiger partial charge in [-0.15, -0.1) is 11.3 Å². The number of para-hydroxylation sites is 1. The summed E-state index contributed by atoms with van der Waals surface area (Å²) >= 11 is 1.43. The first-order valence-electron chi connectivity index (χ1n) is 21.7. The zero-order chi connectivity index (χ0) is 47.7. The minimum Gasteiger partial charge on any atom is -0.390 e. The van der Waals surface area contributed by atoms with Crippen LogP contribution in [0.2, 0.25) is 0 Å². The SMILES string of the molecule is Cc1cccc(N(C)C(=O)C2C(O)CCN2c2nc(C)cc(C(F)(F)F)c2C#N)c1.Cc1cnc(CNC(=O)c2c(=O)c3ccc(N4CCCN(C)CC4)nc3n3c2sc2ccccc23)cn1. The van der Waals surface area contributed by atoms with Crippen LogP contribution in [-0.4, -0.2) is 105 Å². The minimum atomic E-state index is -4.75. The number of hydrogen-bond donors (Lipinski definition) is 2. The van der Waals surface area contributed by atoms with Gasteiger partial charge in [0.1, 0.15) is 39.7 Å². The van der Waals surface area contributed by atoms with Gasteiger partial charge in [-0.05, 0) is 95.2 Å². The van der Waals surface area contributed by atoms with Gasteiger partial charge in [-0.3, -0.25) is 28.8 Å². The second kappa shape index (κ2) is 19.1. The van der Waals surface area contributed by atoms with E-state index in [0.29, 0.717) is 27.2 Å². The van der Waals surface area contributed by atoms with Crippen molar-refractivity contribution in [1.82, 2.24) is 34.6 Å². The Morgan fingerprint density at radius 2 is 1.75 bits per heavy atom. The zero-order valence-corrected chi connectivity index (χ0v) is 38.3. The molecule has 0 radical (unpaired) electrons. The van der Waals surface area contributed by atoms with E-state index in [0.717, 1.165) is 66.0 Å². The third-order valence-corrected chi connectivity index (χ3v) is 13.1. The Balaban J connectivity index is 0.000000186. The quantitative estimate of drug-likeness (QED) is 0.180. The molecule has 67 heavy (non-hydrogen) atoms. The largest absolute Gasteiger partial charge is 0.417 e. The molecule has 0 spiro atoms. The van der Waals surface area contributed by atoms with Crippen molar-refractivity contribution in [1.29, 1.82) is 5.26 Å². The van der Waals surface area contributed by atoms with Gasteiger partial charge in [-0.2, -0.15) is 18.4 Å². The molecule has 2 fully saturated rings. The highest BCUT2D eigenvalue weighted by molar-refractivity contribution is 7.24. The summed E-state index contributed by atoms with van der Waals surface area (Å²) in [4.78, 5) is 65.9. The van der Waals surface area contributed by atoms with Crippen molar-refractivity contribution in [3.63, 3.8) is 0 Å². The first kappa shape index (κ1) is 46.5. The van der Waals surface area contributed by atoms with E-state index in [2.05, 4.69) is 37.1 Å². The van der Waals surface area contributed by atoms with Crippen molar-refractivity contribution in [2.75, 3.05) is 61.5 Å². The highest BCUT2D eigenvalue weighted by atomic mass is 32.1. The summed E-state index contributed by atoms with van der Waals surface area (Å²) in [6.45, 7) is 9.19. The summed E-state index contributed by atoms with van der Waals surface area (Å²) in [6.07, 6.45) is -1.35. The Morgan fingerprint density at radius 3 is 2.48 bits per heavy atom. The molecule has 0 saturated carbocycles. The van der Waals surface area contributed by atoms with Gasteiger partial charge < -0.3 is 30.0 Å². The second-order valence-electron chi connectivity index (χ2n) is 16.8. The Morgan fingerprint density at radius 1 is 0.955 bits per heavy atom. The molecule has 2 amide bonds. The molecular weight excluding hydrogens is 884 g/mol. The number of carbonyl (C=O) groups excluding carboxylic acids is 2. The van der Waals surface area contributed by atoms with Gasteiger partial charge in [-0.1, -0.05) is 24.3 Å². The van der Waals surface area contributed by atoms with E-state index in [1.54, 1.807) is 36.7 Å². The van der Waals surface area contributed by atoms with Crippen LogP contribution < -0.4 is 25.4 Å². The average molecular weight is 932 g/mol. The maximum absolute atomic E-state index is 13.7. The molecule has 2 unspecified atom stereocenters. The summed E-state index contributed by atoms with van der Waals surface area (Å²) in [7, 11) is 3.67. The van der Waals surface area contributed by atoms with Crippen molar-refractivity contribution >= 4 is 66.6 Å². The summed E-state index contributed by atoms with van der Waals surface area (Å²) in [5, 5.41) is 23.2. The van der Waals surface area contributed by atoms with Crippen LogP contribution in [0.1, 0.15) is 57.0 Å². The number of amides is 2. The molecule has 346 valence electrons. The third-order valence-electron chi connectivity index (χ3n) is 12.0. The number of anilines is 3. The number of likely N-dealkylation sites (N-methyl/N-ethyl adjacent to an activating group) is 2. The fraction of sp³-hybridized carbons (Fsp3) is 0.333. The normalized spacial score (nSPS) is 16.7. The molecule has 5 aromatic heterocycles. The van der Waals surface area contributed by atoms with E-state index in [4.69, 9.17) is 4.98 Å². The van der Waals surface area contributed by atoms with E-state index >= 15 is 0 Å². The van der Waals surface area contributed by atoms with Gasteiger partial charge >= 0.3 is 6.18 Å². The molecule has 9 rings (SSSR count). The summed E-state index contributed by atoms with van der Waals surface area (Å²) in [5.74, 6) is -0.317. The number of carbonyl (C=O) groups is 2. The standard InChI is InChI=1S/C27H27N7O2S.C21H21F3N4O2/c1-17-14-29-18(15-28-17)16-30-26(36)23-24(35)19-8-9-22(33-11-5-10-32(2)12-13-33)31-25(19)34-20-6-3-4-7-21(20)37-27(23)34;1-12-5-4-6-14(9-12)27(3)20(30)18-17(29)7-8-28(18)19-15(11-25)16(21(22,23)24)10-13(2)26-19/h3-4,6-9,14-15H,5,10-13,16H2,1-2H3,(H,30,36);4-6,9-10,17-18,29H,7-8H2,1-3H3. The van der Waals surface area contributed by atoms with Crippen molar-refractivity contribution in [3.05, 3.63) is 129 Å². The lowest BCUT2D eigenvalue weighted by Crippen LogP contribution is -2.49. The predicted octanol–water partition coefficient (Wildman–Crippen LogP) is 6.42. The monoisotopic (exact) mass is 931 g/mol. The van der Waals surface area contributed by atoms with Crippen LogP contribution >= 0.6 is 11.3 Å². The van der Waals surface area contributed by atoms with Crippen LogP contribution in [0.25, 0.3) is 26.1 Å². The lowest BCUT2D eigenvalue weighted by molar-refractivity contribution is -0.137. The maximum atomic E-state index is 13.7. The molecule has 0 bridgehead atoms. The van der Waals surface area contributed by atoms with Gasteiger partial charge in [0.2, 0.25) is 5.43 Å². The average Bonchev–Trinajstić information content (AvgIpc) is 3.81. The summed E-state index contributed by atoms with van der Waals surface area (Å²) in [5.41, 5.74) is 2.56. The number of aliphatic hydroxyl groups excluding tert-OH is 1. The molecule has 2 aliphatic heterocycles. The van der Waals surface area contributed by atoms with Crippen molar-refractivity contribution in [2.24, 2.45) is 0 Å². The van der Waals surface area contributed by atoms with E-state index < -0.39 is 41.3 Å². The Hall–Kier alpha value is -7.01. The molecule has 19 heteroatoms. The molecule has 7 heterocycles. The van der Waals surface area contributed by atoms with Crippen LogP contribution in [0.4, 0.5) is 30.5 Å². The van der Waals surface area contributed by atoms with Gasteiger partial charge in [-0.25, -0.2) is 9.97 Å². The fourth-order valence-electron chi connectivity index (χ4n) is 8.47. The number of nitrogens with one attached hydrogen (secondary N) is 1. The first-order valence-corrected chi connectivity index (χ1v) is 22.5. The summed E-state index contributed by atoms with van der Waals surface area (Å²) in [6, 6.07) is 20.0. The Kier molecular flexibility index (Phi) is 13.2. The molecule has 2 aromatic carbocycles. The van der Waals surface area contributed by atoms with Crippen LogP contribution in [0.3, 0.4) is 0 Å². The van der Waals surface area contributed by atoms with E-state index in [1.165, 1.54) is 35.1 Å². The molecule has 2 atom stereocenters. The second-order valence-corrected chi connectivity index (χ2v) is 17.8. The molecule has 2 aliphatic rings. The maximum Gasteiger partial charge on any atom is 0.417 e.